The Morgan fingerprint density at radius 1 is 1.00 bits per heavy atom. The summed E-state index contributed by atoms with van der Waals surface area (Å²) >= 11 is 0. The van der Waals surface area contributed by atoms with Crippen LogP contribution in [0.5, 0.6) is 11.5 Å². The van der Waals surface area contributed by atoms with Crippen molar-refractivity contribution in [3.63, 3.8) is 0 Å². The van der Waals surface area contributed by atoms with E-state index in [1.54, 1.807) is 19.1 Å². The highest BCUT2D eigenvalue weighted by molar-refractivity contribution is 5.72. The van der Waals surface area contributed by atoms with E-state index in [0.717, 1.165) is 0 Å². The number of benzene rings is 1. The second kappa shape index (κ2) is 5.60. The van der Waals surface area contributed by atoms with Gasteiger partial charge in [0, 0.05) is 14.1 Å². The maximum Gasteiger partial charge on any atom is 0.230 e. The topological polar surface area (TPSA) is 86.4 Å². The monoisotopic (exact) mass is 275 g/mol. The van der Waals surface area contributed by atoms with E-state index in [9.17, 15) is 0 Å². The van der Waals surface area contributed by atoms with Gasteiger partial charge in [-0.15, -0.1) is 0 Å². The number of aromatic nitrogens is 3. The molecule has 20 heavy (non-hydrogen) atoms. The third kappa shape index (κ3) is 2.56. The van der Waals surface area contributed by atoms with Crippen LogP contribution < -0.4 is 20.1 Å². The van der Waals surface area contributed by atoms with E-state index in [2.05, 4.69) is 15.0 Å². The quantitative estimate of drug-likeness (QED) is 0.897. The Hall–Kier alpha value is -2.57. The molecule has 106 valence electrons. The molecule has 2 aromatic rings. The molecule has 0 bridgehead atoms. The summed E-state index contributed by atoms with van der Waals surface area (Å²) in [4.78, 5) is 14.4. The minimum atomic E-state index is 0.145. The number of nitrogens with zero attached hydrogens (tertiary/aromatic N) is 4. The van der Waals surface area contributed by atoms with Crippen molar-refractivity contribution in [3.8, 4) is 22.9 Å². The van der Waals surface area contributed by atoms with Crippen LogP contribution in [0.15, 0.2) is 18.2 Å². The molecule has 2 N–H and O–H groups in total. The van der Waals surface area contributed by atoms with Gasteiger partial charge >= 0.3 is 0 Å². The van der Waals surface area contributed by atoms with Crippen molar-refractivity contribution in [2.75, 3.05) is 38.9 Å². The highest BCUT2D eigenvalue weighted by atomic mass is 16.5. The third-order valence-electron chi connectivity index (χ3n) is 2.69. The van der Waals surface area contributed by atoms with Gasteiger partial charge in [0.15, 0.2) is 5.82 Å². The number of rotatable bonds is 4. The van der Waals surface area contributed by atoms with Gasteiger partial charge < -0.3 is 20.1 Å². The van der Waals surface area contributed by atoms with E-state index in [1.807, 2.05) is 32.3 Å². The van der Waals surface area contributed by atoms with Crippen LogP contribution in [0.1, 0.15) is 0 Å². The lowest BCUT2D eigenvalue weighted by Crippen LogP contribution is -2.15. The zero-order valence-corrected chi connectivity index (χ0v) is 11.9. The summed E-state index contributed by atoms with van der Waals surface area (Å²) in [5.41, 5.74) is 6.39. The van der Waals surface area contributed by atoms with Crippen LogP contribution in [-0.4, -0.2) is 43.3 Å². The highest BCUT2D eigenvalue weighted by Crippen LogP contribution is 2.36. The molecular weight excluding hydrogens is 258 g/mol. The van der Waals surface area contributed by atoms with Crippen LogP contribution in [0.4, 0.5) is 11.9 Å². The Morgan fingerprint density at radius 3 is 2.10 bits per heavy atom. The minimum absolute atomic E-state index is 0.145. The maximum absolute atomic E-state index is 5.75. The molecule has 1 aromatic carbocycles. The van der Waals surface area contributed by atoms with Crippen LogP contribution in [0.2, 0.25) is 0 Å². The first kappa shape index (κ1) is 13.9. The first-order valence-electron chi connectivity index (χ1n) is 5.97. The van der Waals surface area contributed by atoms with Crippen molar-refractivity contribution < 1.29 is 9.47 Å². The highest BCUT2D eigenvalue weighted by Gasteiger charge is 2.17. The molecule has 0 atom stereocenters. The molecule has 7 heteroatoms. The van der Waals surface area contributed by atoms with E-state index in [-0.39, 0.29) is 5.95 Å². The molecule has 0 saturated carbocycles. The predicted octanol–water partition coefficient (Wildman–Crippen LogP) is 1.20. The van der Waals surface area contributed by atoms with Gasteiger partial charge in [-0.25, -0.2) is 0 Å². The molecule has 0 fully saturated rings. The molecular formula is C13H17N5O2. The largest absolute Gasteiger partial charge is 0.496 e. The van der Waals surface area contributed by atoms with Gasteiger partial charge in [-0.1, -0.05) is 6.07 Å². The van der Waals surface area contributed by atoms with Crippen molar-refractivity contribution in [1.82, 2.24) is 15.0 Å². The zero-order chi connectivity index (χ0) is 14.7. The number of anilines is 2. The van der Waals surface area contributed by atoms with Crippen LogP contribution in [0, 0.1) is 0 Å². The third-order valence-corrected chi connectivity index (χ3v) is 2.69. The Kier molecular flexibility index (Phi) is 3.88. The summed E-state index contributed by atoms with van der Waals surface area (Å²) in [7, 11) is 6.82. The second-order valence-corrected chi connectivity index (χ2v) is 4.25. The zero-order valence-electron chi connectivity index (χ0n) is 11.9. The van der Waals surface area contributed by atoms with Crippen molar-refractivity contribution in [1.29, 1.82) is 0 Å². The van der Waals surface area contributed by atoms with Gasteiger partial charge in [0.05, 0.1) is 14.2 Å². The molecule has 0 saturated heterocycles. The van der Waals surface area contributed by atoms with Gasteiger partial charge in [0.1, 0.15) is 17.1 Å². The summed E-state index contributed by atoms with van der Waals surface area (Å²) in [5, 5.41) is 0. The molecule has 0 aliphatic carbocycles. The minimum Gasteiger partial charge on any atom is -0.496 e. The number of ether oxygens (including phenoxy) is 2. The standard InChI is InChI=1S/C13H17N5O2/c1-18(2)13-16-11(15-12(14)17-13)10-8(19-3)6-5-7-9(10)20-4/h5-7H,1-4H3,(H2,14,15,16,17). The van der Waals surface area contributed by atoms with Gasteiger partial charge in [-0.05, 0) is 12.1 Å². The first-order valence-corrected chi connectivity index (χ1v) is 5.97. The van der Waals surface area contributed by atoms with Crippen LogP contribution in [0.3, 0.4) is 0 Å². The van der Waals surface area contributed by atoms with Crippen molar-refractivity contribution in [2.24, 2.45) is 0 Å². The summed E-state index contributed by atoms with van der Waals surface area (Å²) in [6.45, 7) is 0. The normalized spacial score (nSPS) is 10.2. The summed E-state index contributed by atoms with van der Waals surface area (Å²) in [6.07, 6.45) is 0. The van der Waals surface area contributed by atoms with Crippen LogP contribution >= 0.6 is 0 Å². The summed E-state index contributed by atoms with van der Waals surface area (Å²) in [6, 6.07) is 5.46. The number of nitrogens with two attached hydrogens (primary N) is 1. The van der Waals surface area contributed by atoms with Crippen molar-refractivity contribution in [2.45, 2.75) is 0 Å². The molecule has 0 aliphatic rings. The maximum atomic E-state index is 5.75. The molecule has 1 heterocycles. The van der Waals surface area contributed by atoms with Crippen molar-refractivity contribution >= 4 is 11.9 Å². The Bertz CT molecular complexity index is 593. The Labute approximate surface area is 117 Å². The first-order chi connectivity index (χ1) is 9.56. The number of hydrogen-bond donors (Lipinski definition) is 1. The Morgan fingerprint density at radius 2 is 1.60 bits per heavy atom. The predicted molar refractivity (Wildman–Crippen MR) is 77.1 cm³/mol. The van der Waals surface area contributed by atoms with E-state index in [4.69, 9.17) is 15.2 Å². The fraction of sp³-hybridized carbons (Fsp3) is 0.308. The van der Waals surface area contributed by atoms with Gasteiger partial charge in [0.25, 0.3) is 0 Å². The molecule has 2 rings (SSSR count). The lowest BCUT2D eigenvalue weighted by atomic mass is 10.1. The Balaban J connectivity index is 2.67. The average Bonchev–Trinajstić information content (AvgIpc) is 2.45. The fourth-order valence-corrected chi connectivity index (χ4v) is 1.76. The number of hydrogen-bond acceptors (Lipinski definition) is 7. The summed E-state index contributed by atoms with van der Waals surface area (Å²) in [5.74, 6) is 2.25. The average molecular weight is 275 g/mol. The van der Waals surface area contributed by atoms with Gasteiger partial charge in [0.2, 0.25) is 11.9 Å². The van der Waals surface area contributed by atoms with Crippen LogP contribution in [-0.2, 0) is 0 Å². The molecule has 7 nitrogen and oxygen atoms in total. The molecule has 1 aromatic heterocycles. The molecule has 0 aliphatic heterocycles. The smallest absolute Gasteiger partial charge is 0.230 e. The summed E-state index contributed by atoms with van der Waals surface area (Å²) < 4.78 is 10.7. The van der Waals surface area contributed by atoms with E-state index >= 15 is 0 Å². The SMILES string of the molecule is COc1cccc(OC)c1-c1nc(N)nc(N(C)C)n1. The molecule has 0 amide bonds. The van der Waals surface area contributed by atoms with Crippen molar-refractivity contribution in [3.05, 3.63) is 18.2 Å². The number of methoxy groups -OCH3 is 2. The van der Waals surface area contributed by atoms with Gasteiger partial charge in [-0.2, -0.15) is 15.0 Å². The fourth-order valence-electron chi connectivity index (χ4n) is 1.76. The van der Waals surface area contributed by atoms with E-state index < -0.39 is 0 Å². The molecule has 0 unspecified atom stereocenters. The molecule has 0 radical (unpaired) electrons. The number of nitrogen functional groups attached to an aromatic ring is 1. The lowest BCUT2D eigenvalue weighted by Gasteiger charge is -2.14. The van der Waals surface area contributed by atoms with Crippen LogP contribution in [0.25, 0.3) is 11.4 Å². The second-order valence-electron chi connectivity index (χ2n) is 4.25. The molecule has 0 spiro atoms. The van der Waals surface area contributed by atoms with E-state index in [1.165, 1.54) is 0 Å². The van der Waals surface area contributed by atoms with E-state index in [0.29, 0.717) is 28.8 Å². The lowest BCUT2D eigenvalue weighted by molar-refractivity contribution is 0.397. The van der Waals surface area contributed by atoms with Gasteiger partial charge in [-0.3, -0.25) is 0 Å².